The molecule has 0 aromatic carbocycles. The summed E-state index contributed by atoms with van der Waals surface area (Å²) in [5, 5.41) is 0.593. The Hall–Kier alpha value is -1.39. The first-order valence-corrected chi connectivity index (χ1v) is 6.04. The molecule has 5 heteroatoms. The molecule has 0 bridgehead atoms. The van der Waals surface area contributed by atoms with E-state index in [1.54, 1.807) is 12.4 Å². The molecule has 3 rings (SSSR count). The standard InChI is InChI=1S/C12H13ClN4/c13-11-10-4-3-9(14)7-17(10)12(16-11)8-2-1-5-15-6-8/h1-2,5-6,9H,3-4,7,14H2. The highest BCUT2D eigenvalue weighted by atomic mass is 35.5. The highest BCUT2D eigenvalue weighted by Crippen LogP contribution is 2.29. The Balaban J connectivity index is 2.13. The molecule has 1 atom stereocenters. The zero-order valence-corrected chi connectivity index (χ0v) is 10.1. The van der Waals surface area contributed by atoms with Gasteiger partial charge in [0.2, 0.25) is 0 Å². The Labute approximate surface area is 104 Å². The fourth-order valence-corrected chi connectivity index (χ4v) is 2.53. The Morgan fingerprint density at radius 2 is 2.35 bits per heavy atom. The van der Waals surface area contributed by atoms with Gasteiger partial charge in [0.25, 0.3) is 0 Å². The fraction of sp³-hybridized carbons (Fsp3) is 0.333. The van der Waals surface area contributed by atoms with E-state index in [-0.39, 0.29) is 6.04 Å². The van der Waals surface area contributed by atoms with Crippen LogP contribution in [0.3, 0.4) is 0 Å². The van der Waals surface area contributed by atoms with Gasteiger partial charge in [-0.25, -0.2) is 4.98 Å². The van der Waals surface area contributed by atoms with Gasteiger partial charge in [-0.1, -0.05) is 11.6 Å². The van der Waals surface area contributed by atoms with Crippen LogP contribution in [0.1, 0.15) is 12.1 Å². The summed E-state index contributed by atoms with van der Waals surface area (Å²) in [5.41, 5.74) is 8.07. The second-order valence-electron chi connectivity index (χ2n) is 4.32. The van der Waals surface area contributed by atoms with Gasteiger partial charge in [0.15, 0.2) is 5.15 Å². The number of nitrogens with two attached hydrogens (primary N) is 1. The monoisotopic (exact) mass is 248 g/mol. The van der Waals surface area contributed by atoms with Crippen molar-refractivity contribution in [1.82, 2.24) is 14.5 Å². The molecule has 0 saturated carbocycles. The highest BCUT2D eigenvalue weighted by molar-refractivity contribution is 6.30. The summed E-state index contributed by atoms with van der Waals surface area (Å²) in [6, 6.07) is 4.07. The molecule has 0 spiro atoms. The molecule has 88 valence electrons. The Morgan fingerprint density at radius 3 is 3.12 bits per heavy atom. The van der Waals surface area contributed by atoms with Crippen LogP contribution in [0.25, 0.3) is 11.4 Å². The van der Waals surface area contributed by atoms with Gasteiger partial charge in [0, 0.05) is 30.5 Å². The fourth-order valence-electron chi connectivity index (χ4n) is 2.26. The zero-order valence-electron chi connectivity index (χ0n) is 9.31. The predicted octanol–water partition coefficient (Wildman–Crippen LogP) is 1.87. The summed E-state index contributed by atoms with van der Waals surface area (Å²) in [4.78, 5) is 8.54. The first-order chi connectivity index (χ1) is 8.25. The summed E-state index contributed by atoms with van der Waals surface area (Å²) < 4.78 is 2.12. The molecule has 1 aliphatic rings. The van der Waals surface area contributed by atoms with Gasteiger partial charge in [-0.2, -0.15) is 0 Å². The molecule has 0 saturated heterocycles. The van der Waals surface area contributed by atoms with E-state index < -0.39 is 0 Å². The quantitative estimate of drug-likeness (QED) is 0.838. The van der Waals surface area contributed by atoms with E-state index in [4.69, 9.17) is 17.3 Å². The lowest BCUT2D eigenvalue weighted by Crippen LogP contribution is -2.32. The van der Waals surface area contributed by atoms with Crippen LogP contribution in [0.2, 0.25) is 5.15 Å². The SMILES string of the molecule is NC1CCc2c(Cl)nc(-c3cccnc3)n2C1. The van der Waals surface area contributed by atoms with Crippen molar-refractivity contribution in [3.63, 3.8) is 0 Å². The van der Waals surface area contributed by atoms with Gasteiger partial charge in [0.1, 0.15) is 5.82 Å². The van der Waals surface area contributed by atoms with Crippen LogP contribution in [-0.4, -0.2) is 20.6 Å². The van der Waals surface area contributed by atoms with Crippen LogP contribution in [0, 0.1) is 0 Å². The van der Waals surface area contributed by atoms with Gasteiger partial charge in [-0.05, 0) is 25.0 Å². The van der Waals surface area contributed by atoms with Crippen molar-refractivity contribution < 1.29 is 0 Å². The van der Waals surface area contributed by atoms with Gasteiger partial charge in [-0.3, -0.25) is 4.98 Å². The molecule has 0 amide bonds. The third kappa shape index (κ3) is 1.83. The minimum absolute atomic E-state index is 0.184. The van der Waals surface area contributed by atoms with E-state index in [9.17, 15) is 0 Å². The maximum absolute atomic E-state index is 6.17. The molecule has 0 aliphatic carbocycles. The topological polar surface area (TPSA) is 56.7 Å². The first-order valence-electron chi connectivity index (χ1n) is 5.66. The van der Waals surface area contributed by atoms with Crippen molar-refractivity contribution in [2.45, 2.75) is 25.4 Å². The normalized spacial score (nSPS) is 19.1. The Kier molecular flexibility index (Phi) is 2.61. The van der Waals surface area contributed by atoms with Gasteiger partial charge in [0.05, 0.1) is 5.69 Å². The average molecular weight is 249 g/mol. The van der Waals surface area contributed by atoms with Gasteiger partial charge < -0.3 is 10.3 Å². The number of pyridine rings is 1. The second-order valence-corrected chi connectivity index (χ2v) is 4.68. The smallest absolute Gasteiger partial charge is 0.150 e. The average Bonchev–Trinajstić information content (AvgIpc) is 2.67. The largest absolute Gasteiger partial charge is 0.326 e. The number of rotatable bonds is 1. The third-order valence-electron chi connectivity index (χ3n) is 3.11. The number of hydrogen-bond donors (Lipinski definition) is 1. The summed E-state index contributed by atoms with van der Waals surface area (Å²) in [6.07, 6.45) is 5.41. The molecule has 1 unspecified atom stereocenters. The van der Waals surface area contributed by atoms with Crippen molar-refractivity contribution in [3.8, 4) is 11.4 Å². The van der Waals surface area contributed by atoms with Crippen LogP contribution < -0.4 is 5.73 Å². The molecule has 4 nitrogen and oxygen atoms in total. The number of imidazole rings is 1. The first kappa shape index (κ1) is 10.7. The maximum atomic E-state index is 6.17. The zero-order chi connectivity index (χ0) is 11.8. The van der Waals surface area contributed by atoms with Crippen molar-refractivity contribution in [2.24, 2.45) is 5.73 Å². The van der Waals surface area contributed by atoms with Gasteiger partial charge in [-0.15, -0.1) is 0 Å². The lowest BCUT2D eigenvalue weighted by Gasteiger charge is -2.22. The number of hydrogen-bond acceptors (Lipinski definition) is 3. The van der Waals surface area contributed by atoms with Crippen LogP contribution in [0.15, 0.2) is 24.5 Å². The minimum Gasteiger partial charge on any atom is -0.326 e. The van der Waals surface area contributed by atoms with Crippen LogP contribution in [0.5, 0.6) is 0 Å². The van der Waals surface area contributed by atoms with E-state index in [0.717, 1.165) is 36.5 Å². The minimum atomic E-state index is 0.184. The lowest BCUT2D eigenvalue weighted by molar-refractivity contribution is 0.464. The molecule has 2 aromatic heterocycles. The van der Waals surface area contributed by atoms with Gasteiger partial charge >= 0.3 is 0 Å². The van der Waals surface area contributed by atoms with Crippen molar-refractivity contribution >= 4 is 11.6 Å². The molecule has 0 fully saturated rings. The molecule has 2 N–H and O–H groups in total. The van der Waals surface area contributed by atoms with Crippen LogP contribution >= 0.6 is 11.6 Å². The number of nitrogens with zero attached hydrogens (tertiary/aromatic N) is 3. The highest BCUT2D eigenvalue weighted by Gasteiger charge is 2.23. The van der Waals surface area contributed by atoms with Crippen molar-refractivity contribution in [3.05, 3.63) is 35.4 Å². The van der Waals surface area contributed by atoms with Crippen LogP contribution in [-0.2, 0) is 13.0 Å². The molecular weight excluding hydrogens is 236 g/mol. The molecule has 3 heterocycles. The van der Waals surface area contributed by atoms with E-state index in [1.165, 1.54) is 0 Å². The second kappa shape index (κ2) is 4.13. The van der Waals surface area contributed by atoms with Crippen molar-refractivity contribution in [1.29, 1.82) is 0 Å². The summed E-state index contributed by atoms with van der Waals surface area (Å²) in [5.74, 6) is 0.869. The molecule has 2 aromatic rings. The summed E-state index contributed by atoms with van der Waals surface area (Å²) in [6.45, 7) is 0.777. The molecular formula is C12H13ClN4. The van der Waals surface area contributed by atoms with Crippen molar-refractivity contribution in [2.75, 3.05) is 0 Å². The summed E-state index contributed by atoms with van der Waals surface area (Å²) in [7, 11) is 0. The van der Waals surface area contributed by atoms with Crippen LogP contribution in [0.4, 0.5) is 0 Å². The molecule has 0 radical (unpaired) electrons. The van der Waals surface area contributed by atoms with E-state index in [2.05, 4.69) is 14.5 Å². The number of halogens is 1. The molecule has 1 aliphatic heterocycles. The molecule has 17 heavy (non-hydrogen) atoms. The lowest BCUT2D eigenvalue weighted by atomic mass is 10.1. The van der Waals surface area contributed by atoms with E-state index >= 15 is 0 Å². The van der Waals surface area contributed by atoms with E-state index in [1.807, 2.05) is 12.1 Å². The Bertz CT molecular complexity index is 535. The predicted molar refractivity (Wildman–Crippen MR) is 66.8 cm³/mol. The number of fused-ring (bicyclic) bond motifs is 1. The summed E-state index contributed by atoms with van der Waals surface area (Å²) >= 11 is 6.17. The maximum Gasteiger partial charge on any atom is 0.150 e. The Morgan fingerprint density at radius 1 is 1.47 bits per heavy atom. The number of aromatic nitrogens is 3. The third-order valence-corrected chi connectivity index (χ3v) is 3.42. The van der Waals surface area contributed by atoms with E-state index in [0.29, 0.717) is 5.15 Å².